The summed E-state index contributed by atoms with van der Waals surface area (Å²) in [7, 11) is 0. The molecule has 0 spiro atoms. The summed E-state index contributed by atoms with van der Waals surface area (Å²) >= 11 is 0. The molecule has 0 fully saturated rings. The number of anilines is 3. The topological polar surface area (TPSA) is 8.17 Å². The number of rotatable bonds is 7. The van der Waals surface area contributed by atoms with E-state index in [9.17, 15) is 0 Å². The number of fused-ring (bicyclic) bond motifs is 5. The number of hydrogen-bond donors (Lipinski definition) is 0. The Morgan fingerprint density at radius 3 is 1.62 bits per heavy atom. The Morgan fingerprint density at radius 1 is 0.310 bits per heavy atom. The SMILES string of the molecule is c1ccc(-c2ccccc2N(c2ccc3cc(-c4ccc(-c5ccc6ccccc6c5)cc4)ccc3c2)c2cccc3c2c2ccccc2n3-c2ccccc2)cc1. The molecule has 2 heteroatoms. The minimum Gasteiger partial charge on any atom is -0.309 e. The molecule has 0 saturated carbocycles. The molecule has 0 unspecified atom stereocenters. The molecule has 0 radical (unpaired) electrons. The molecule has 58 heavy (non-hydrogen) atoms. The Morgan fingerprint density at radius 2 is 0.845 bits per heavy atom. The number of aromatic nitrogens is 1. The summed E-state index contributed by atoms with van der Waals surface area (Å²) in [5.74, 6) is 0. The number of hydrogen-bond acceptors (Lipinski definition) is 1. The van der Waals surface area contributed by atoms with Crippen LogP contribution in [0.2, 0.25) is 0 Å². The Balaban J connectivity index is 1.05. The van der Waals surface area contributed by atoms with E-state index in [1.807, 2.05) is 0 Å². The second-order valence-corrected chi connectivity index (χ2v) is 15.0. The van der Waals surface area contributed by atoms with Crippen LogP contribution in [0, 0.1) is 0 Å². The van der Waals surface area contributed by atoms with Gasteiger partial charge in [0.05, 0.1) is 22.4 Å². The van der Waals surface area contributed by atoms with Crippen LogP contribution in [0.25, 0.3) is 82.4 Å². The van der Waals surface area contributed by atoms with Crippen LogP contribution in [0.3, 0.4) is 0 Å². The Labute approximate surface area is 338 Å². The van der Waals surface area contributed by atoms with Gasteiger partial charge in [-0.15, -0.1) is 0 Å². The number of benzene rings is 10. The predicted molar refractivity (Wildman–Crippen MR) is 247 cm³/mol. The molecule has 10 aromatic carbocycles. The van der Waals surface area contributed by atoms with Crippen molar-refractivity contribution in [1.82, 2.24) is 4.57 Å². The van der Waals surface area contributed by atoms with Crippen LogP contribution in [-0.4, -0.2) is 4.57 Å². The van der Waals surface area contributed by atoms with E-state index in [-0.39, 0.29) is 0 Å². The zero-order valence-electron chi connectivity index (χ0n) is 31.8. The van der Waals surface area contributed by atoms with Gasteiger partial charge >= 0.3 is 0 Å². The minimum atomic E-state index is 1.10. The summed E-state index contributed by atoms with van der Waals surface area (Å²) in [5.41, 5.74) is 14.1. The highest BCUT2D eigenvalue weighted by molar-refractivity contribution is 6.17. The fourth-order valence-electron chi connectivity index (χ4n) is 8.76. The fraction of sp³-hybridized carbons (Fsp3) is 0. The largest absolute Gasteiger partial charge is 0.309 e. The molecule has 2 nitrogen and oxygen atoms in total. The van der Waals surface area contributed by atoms with E-state index in [1.165, 1.54) is 76.7 Å². The lowest BCUT2D eigenvalue weighted by Gasteiger charge is -2.29. The van der Waals surface area contributed by atoms with Crippen molar-refractivity contribution in [3.8, 4) is 39.1 Å². The van der Waals surface area contributed by atoms with Crippen molar-refractivity contribution in [2.75, 3.05) is 4.90 Å². The zero-order valence-corrected chi connectivity index (χ0v) is 31.8. The summed E-state index contributed by atoms with van der Waals surface area (Å²) in [6, 6.07) is 83.7. The molecular formula is C56H38N2. The van der Waals surface area contributed by atoms with Crippen LogP contribution >= 0.6 is 0 Å². The molecule has 272 valence electrons. The summed E-state index contributed by atoms with van der Waals surface area (Å²) in [4.78, 5) is 2.46. The van der Waals surface area contributed by atoms with E-state index >= 15 is 0 Å². The molecule has 1 aromatic heterocycles. The first-order chi connectivity index (χ1) is 28.8. The number of nitrogens with zero attached hydrogens (tertiary/aromatic N) is 2. The maximum atomic E-state index is 2.46. The van der Waals surface area contributed by atoms with Crippen LogP contribution in [0.4, 0.5) is 17.1 Å². The van der Waals surface area contributed by atoms with Gasteiger partial charge in [0.2, 0.25) is 0 Å². The van der Waals surface area contributed by atoms with Crippen molar-refractivity contribution in [2.24, 2.45) is 0 Å². The maximum Gasteiger partial charge on any atom is 0.0562 e. The molecular weight excluding hydrogens is 701 g/mol. The van der Waals surface area contributed by atoms with Crippen molar-refractivity contribution in [2.45, 2.75) is 0 Å². The molecule has 0 bridgehead atoms. The van der Waals surface area contributed by atoms with Crippen molar-refractivity contribution in [3.05, 3.63) is 231 Å². The quantitative estimate of drug-likeness (QED) is 0.158. The molecule has 0 atom stereocenters. The molecule has 0 aliphatic heterocycles. The van der Waals surface area contributed by atoms with Gasteiger partial charge in [0, 0.05) is 27.7 Å². The van der Waals surface area contributed by atoms with Crippen molar-refractivity contribution in [1.29, 1.82) is 0 Å². The highest BCUT2D eigenvalue weighted by Crippen LogP contribution is 2.47. The van der Waals surface area contributed by atoms with Gasteiger partial charge in [0.15, 0.2) is 0 Å². The molecule has 0 N–H and O–H groups in total. The standard InChI is InChI=1S/C56H38N2/c1-3-15-42(16-4-1)50-20-9-11-22-52(50)58(55-25-13-24-54-56(55)51-21-10-12-23-53(51)57(54)48-18-5-2-6-19-48)49-35-34-46-37-45(32-33-47(46)38-49)41-28-26-40(27-29-41)44-31-30-39-14-7-8-17-43(39)36-44/h1-38H. The summed E-state index contributed by atoms with van der Waals surface area (Å²) in [5, 5.41) is 7.35. The van der Waals surface area contributed by atoms with E-state index in [4.69, 9.17) is 0 Å². The lowest BCUT2D eigenvalue weighted by Crippen LogP contribution is -2.11. The molecule has 11 rings (SSSR count). The molecule has 0 aliphatic rings. The highest BCUT2D eigenvalue weighted by Gasteiger charge is 2.23. The van der Waals surface area contributed by atoms with Crippen molar-refractivity contribution < 1.29 is 0 Å². The molecule has 1 heterocycles. The van der Waals surface area contributed by atoms with Gasteiger partial charge in [-0.2, -0.15) is 0 Å². The molecule has 11 aromatic rings. The average Bonchev–Trinajstić information content (AvgIpc) is 3.65. The third-order valence-corrected chi connectivity index (χ3v) is 11.5. The van der Waals surface area contributed by atoms with Crippen molar-refractivity contribution >= 4 is 60.4 Å². The van der Waals surface area contributed by atoms with Crippen LogP contribution < -0.4 is 4.90 Å². The van der Waals surface area contributed by atoms with Gasteiger partial charge in [-0.1, -0.05) is 170 Å². The van der Waals surface area contributed by atoms with Gasteiger partial charge < -0.3 is 9.47 Å². The van der Waals surface area contributed by atoms with E-state index < -0.39 is 0 Å². The van der Waals surface area contributed by atoms with Gasteiger partial charge in [0.25, 0.3) is 0 Å². The fourth-order valence-corrected chi connectivity index (χ4v) is 8.76. The van der Waals surface area contributed by atoms with Gasteiger partial charge in [0.1, 0.15) is 0 Å². The van der Waals surface area contributed by atoms with E-state index in [0.717, 1.165) is 22.7 Å². The number of para-hydroxylation sites is 3. The minimum absolute atomic E-state index is 1.10. The zero-order chi connectivity index (χ0) is 38.4. The normalized spacial score (nSPS) is 11.4. The van der Waals surface area contributed by atoms with Gasteiger partial charge in [-0.3, -0.25) is 0 Å². The summed E-state index contributed by atoms with van der Waals surface area (Å²) in [6.07, 6.45) is 0. The smallest absolute Gasteiger partial charge is 0.0562 e. The monoisotopic (exact) mass is 738 g/mol. The molecule has 0 saturated heterocycles. The Kier molecular flexibility index (Phi) is 8.19. The second-order valence-electron chi connectivity index (χ2n) is 15.0. The van der Waals surface area contributed by atoms with E-state index in [1.54, 1.807) is 0 Å². The third-order valence-electron chi connectivity index (χ3n) is 11.5. The maximum absolute atomic E-state index is 2.46. The lowest BCUT2D eigenvalue weighted by molar-refractivity contribution is 1.18. The lowest BCUT2D eigenvalue weighted by atomic mass is 9.96. The summed E-state index contributed by atoms with van der Waals surface area (Å²) in [6.45, 7) is 0. The predicted octanol–water partition coefficient (Wildman–Crippen LogP) is 15.6. The average molecular weight is 739 g/mol. The first-order valence-electron chi connectivity index (χ1n) is 19.9. The van der Waals surface area contributed by atoms with Crippen LogP contribution in [0.15, 0.2) is 231 Å². The van der Waals surface area contributed by atoms with Crippen LogP contribution in [0.1, 0.15) is 0 Å². The second kappa shape index (κ2) is 14.1. The first kappa shape index (κ1) is 33.6. The van der Waals surface area contributed by atoms with E-state index in [0.29, 0.717) is 0 Å². The van der Waals surface area contributed by atoms with Gasteiger partial charge in [-0.05, 0) is 110 Å². The Bertz CT molecular complexity index is 3270. The van der Waals surface area contributed by atoms with Crippen molar-refractivity contribution in [3.63, 3.8) is 0 Å². The van der Waals surface area contributed by atoms with Crippen LogP contribution in [0.5, 0.6) is 0 Å². The molecule has 0 amide bonds. The third kappa shape index (κ3) is 5.82. The summed E-state index contributed by atoms with van der Waals surface area (Å²) < 4.78 is 2.39. The first-order valence-corrected chi connectivity index (χ1v) is 19.9. The van der Waals surface area contributed by atoms with E-state index in [2.05, 4.69) is 240 Å². The highest BCUT2D eigenvalue weighted by atomic mass is 15.2. The molecule has 0 aliphatic carbocycles. The van der Waals surface area contributed by atoms with Crippen LogP contribution in [-0.2, 0) is 0 Å². The van der Waals surface area contributed by atoms with Gasteiger partial charge in [-0.25, -0.2) is 0 Å². The Hall–Kier alpha value is -7.68.